The highest BCUT2D eigenvalue weighted by molar-refractivity contribution is 5.94. The lowest BCUT2D eigenvalue weighted by atomic mass is 10.0. The number of halogens is 3. The average molecular weight is 345 g/mol. The Labute approximate surface area is 139 Å². The van der Waals surface area contributed by atoms with Crippen LogP contribution in [0.5, 0.6) is 5.75 Å². The van der Waals surface area contributed by atoms with Crippen LogP contribution in [0.2, 0.25) is 0 Å². The molecule has 1 aliphatic rings. The standard InChI is InChI=1S/C16H22F3N3O2/c1-11(22-9-3-4-13(10-22)20-2)15(23)21-12-5-7-14(8-6-12)24-16(17,18)19/h5-8,11,13,20H,3-4,9-10H2,1-2H3,(H,21,23). The van der Waals surface area contributed by atoms with Crippen molar-refractivity contribution in [3.05, 3.63) is 24.3 Å². The number of nitrogens with zero attached hydrogens (tertiary/aromatic N) is 1. The minimum Gasteiger partial charge on any atom is -0.406 e. The van der Waals surface area contributed by atoms with Gasteiger partial charge in [0.1, 0.15) is 5.75 Å². The lowest BCUT2D eigenvalue weighted by Crippen LogP contribution is -2.51. The number of carbonyl (C=O) groups excluding carboxylic acids is 1. The van der Waals surface area contributed by atoms with Gasteiger partial charge in [0, 0.05) is 18.3 Å². The molecule has 0 bridgehead atoms. The Hall–Kier alpha value is -1.80. The number of likely N-dealkylation sites (tertiary alicyclic amines) is 1. The Morgan fingerprint density at radius 3 is 2.58 bits per heavy atom. The molecule has 0 spiro atoms. The molecule has 0 aromatic heterocycles. The van der Waals surface area contributed by atoms with Gasteiger partial charge in [0.25, 0.3) is 0 Å². The van der Waals surface area contributed by atoms with Gasteiger partial charge in [-0.2, -0.15) is 0 Å². The Kier molecular flexibility index (Phi) is 6.06. The van der Waals surface area contributed by atoms with Gasteiger partial charge in [-0.05, 0) is 57.6 Å². The molecule has 24 heavy (non-hydrogen) atoms. The van der Waals surface area contributed by atoms with Crippen LogP contribution in [0.25, 0.3) is 0 Å². The zero-order valence-corrected chi connectivity index (χ0v) is 13.7. The summed E-state index contributed by atoms with van der Waals surface area (Å²) in [5.41, 5.74) is 0.434. The number of rotatable bonds is 5. The van der Waals surface area contributed by atoms with Crippen molar-refractivity contribution >= 4 is 11.6 Å². The van der Waals surface area contributed by atoms with Crippen LogP contribution in [0.4, 0.5) is 18.9 Å². The summed E-state index contributed by atoms with van der Waals surface area (Å²) in [7, 11) is 1.91. The number of amides is 1. The van der Waals surface area contributed by atoms with Crippen molar-refractivity contribution in [2.24, 2.45) is 0 Å². The summed E-state index contributed by atoms with van der Waals surface area (Å²) >= 11 is 0. The number of benzene rings is 1. The first kappa shape index (κ1) is 18.5. The van der Waals surface area contributed by atoms with Crippen molar-refractivity contribution in [1.82, 2.24) is 10.2 Å². The van der Waals surface area contributed by atoms with E-state index >= 15 is 0 Å². The molecular formula is C16H22F3N3O2. The van der Waals surface area contributed by atoms with E-state index in [1.165, 1.54) is 24.3 Å². The third-order valence-corrected chi connectivity index (χ3v) is 4.14. The molecule has 1 fully saturated rings. The molecule has 134 valence electrons. The van der Waals surface area contributed by atoms with E-state index in [-0.39, 0.29) is 17.7 Å². The minimum atomic E-state index is -4.72. The Bertz CT molecular complexity index is 548. The van der Waals surface area contributed by atoms with E-state index in [0.29, 0.717) is 11.7 Å². The normalized spacial score (nSPS) is 20.5. The van der Waals surface area contributed by atoms with Gasteiger partial charge in [-0.1, -0.05) is 0 Å². The average Bonchev–Trinajstić information content (AvgIpc) is 2.54. The maximum absolute atomic E-state index is 12.3. The zero-order valence-electron chi connectivity index (χ0n) is 13.7. The van der Waals surface area contributed by atoms with Gasteiger partial charge in [-0.25, -0.2) is 0 Å². The number of likely N-dealkylation sites (N-methyl/N-ethyl adjacent to an activating group) is 1. The summed E-state index contributed by atoms with van der Waals surface area (Å²) in [6.07, 6.45) is -2.62. The summed E-state index contributed by atoms with van der Waals surface area (Å²) in [6, 6.07) is 5.17. The monoisotopic (exact) mass is 345 g/mol. The molecule has 8 heteroatoms. The first-order chi connectivity index (χ1) is 11.3. The van der Waals surface area contributed by atoms with Crippen molar-refractivity contribution in [3.8, 4) is 5.75 Å². The molecule has 0 radical (unpaired) electrons. The van der Waals surface area contributed by atoms with E-state index in [2.05, 4.69) is 20.3 Å². The molecule has 1 aromatic rings. The van der Waals surface area contributed by atoms with Crippen LogP contribution in [0.1, 0.15) is 19.8 Å². The number of piperidine rings is 1. The zero-order chi connectivity index (χ0) is 17.7. The summed E-state index contributed by atoms with van der Waals surface area (Å²) in [5, 5.41) is 5.95. The maximum atomic E-state index is 12.3. The van der Waals surface area contributed by atoms with E-state index < -0.39 is 6.36 Å². The molecule has 1 aromatic carbocycles. The first-order valence-corrected chi connectivity index (χ1v) is 7.86. The quantitative estimate of drug-likeness (QED) is 0.861. The highest BCUT2D eigenvalue weighted by atomic mass is 19.4. The Morgan fingerprint density at radius 2 is 2.00 bits per heavy atom. The number of nitrogens with one attached hydrogen (secondary N) is 2. The van der Waals surface area contributed by atoms with Crippen molar-refractivity contribution in [2.45, 2.75) is 38.2 Å². The third kappa shape index (κ3) is 5.38. The number of carbonyl (C=O) groups is 1. The Morgan fingerprint density at radius 1 is 1.33 bits per heavy atom. The van der Waals surface area contributed by atoms with Crippen LogP contribution in [0.3, 0.4) is 0 Å². The molecule has 1 aliphatic heterocycles. The van der Waals surface area contributed by atoms with Gasteiger partial charge in [0.05, 0.1) is 6.04 Å². The van der Waals surface area contributed by atoms with Gasteiger partial charge in [0.15, 0.2) is 0 Å². The van der Waals surface area contributed by atoms with Crippen LogP contribution < -0.4 is 15.4 Å². The molecule has 2 atom stereocenters. The highest BCUT2D eigenvalue weighted by Gasteiger charge is 2.31. The minimum absolute atomic E-state index is 0.184. The lowest BCUT2D eigenvalue weighted by Gasteiger charge is -2.35. The second kappa shape index (κ2) is 7.85. The molecule has 1 heterocycles. The topological polar surface area (TPSA) is 53.6 Å². The SMILES string of the molecule is CNC1CCCN(C(C)C(=O)Nc2ccc(OC(F)(F)F)cc2)C1. The molecule has 0 aliphatic carbocycles. The van der Waals surface area contributed by atoms with Gasteiger partial charge < -0.3 is 15.4 Å². The van der Waals surface area contributed by atoms with E-state index in [4.69, 9.17) is 0 Å². The highest BCUT2D eigenvalue weighted by Crippen LogP contribution is 2.24. The number of hydrogen-bond donors (Lipinski definition) is 2. The van der Waals surface area contributed by atoms with E-state index in [9.17, 15) is 18.0 Å². The largest absolute Gasteiger partial charge is 0.573 e. The van der Waals surface area contributed by atoms with Gasteiger partial charge in [-0.15, -0.1) is 13.2 Å². The van der Waals surface area contributed by atoms with E-state index in [1.54, 1.807) is 0 Å². The first-order valence-electron chi connectivity index (χ1n) is 7.86. The third-order valence-electron chi connectivity index (χ3n) is 4.14. The summed E-state index contributed by atoms with van der Waals surface area (Å²) in [5.74, 6) is -0.502. The van der Waals surface area contributed by atoms with Crippen molar-refractivity contribution in [3.63, 3.8) is 0 Å². The number of hydrogen-bond acceptors (Lipinski definition) is 4. The molecule has 0 saturated carbocycles. The molecule has 2 N–H and O–H groups in total. The number of ether oxygens (including phenoxy) is 1. The van der Waals surface area contributed by atoms with Crippen molar-refractivity contribution < 1.29 is 22.7 Å². The second-order valence-corrected chi connectivity index (χ2v) is 5.86. The fourth-order valence-electron chi connectivity index (χ4n) is 2.75. The molecular weight excluding hydrogens is 323 g/mol. The van der Waals surface area contributed by atoms with Gasteiger partial charge >= 0.3 is 6.36 Å². The van der Waals surface area contributed by atoms with Gasteiger partial charge in [0.2, 0.25) is 5.91 Å². The molecule has 5 nitrogen and oxygen atoms in total. The predicted molar refractivity (Wildman–Crippen MR) is 84.9 cm³/mol. The fourth-order valence-corrected chi connectivity index (χ4v) is 2.75. The van der Waals surface area contributed by atoms with Crippen LogP contribution in [0.15, 0.2) is 24.3 Å². The summed E-state index contributed by atoms with van der Waals surface area (Å²) in [6.45, 7) is 3.48. The molecule has 2 rings (SSSR count). The van der Waals surface area contributed by atoms with E-state index in [0.717, 1.165) is 25.9 Å². The number of anilines is 1. The van der Waals surface area contributed by atoms with Crippen molar-refractivity contribution in [2.75, 3.05) is 25.5 Å². The predicted octanol–water partition coefficient (Wildman–Crippen LogP) is 2.60. The summed E-state index contributed by atoms with van der Waals surface area (Å²) in [4.78, 5) is 14.4. The van der Waals surface area contributed by atoms with Gasteiger partial charge in [-0.3, -0.25) is 9.69 Å². The fraction of sp³-hybridized carbons (Fsp3) is 0.562. The molecule has 1 amide bonds. The second-order valence-electron chi connectivity index (χ2n) is 5.86. The van der Waals surface area contributed by atoms with Crippen LogP contribution in [-0.4, -0.2) is 49.4 Å². The lowest BCUT2D eigenvalue weighted by molar-refractivity contribution is -0.274. The molecule has 1 saturated heterocycles. The maximum Gasteiger partial charge on any atom is 0.573 e. The Balaban J connectivity index is 1.91. The number of alkyl halides is 3. The smallest absolute Gasteiger partial charge is 0.406 e. The molecule has 2 unspecified atom stereocenters. The van der Waals surface area contributed by atoms with Crippen LogP contribution in [0, 0.1) is 0 Å². The summed E-state index contributed by atoms with van der Waals surface area (Å²) < 4.78 is 40.2. The van der Waals surface area contributed by atoms with Crippen LogP contribution >= 0.6 is 0 Å². The van der Waals surface area contributed by atoms with E-state index in [1.807, 2.05) is 14.0 Å². The van der Waals surface area contributed by atoms with Crippen molar-refractivity contribution in [1.29, 1.82) is 0 Å². The van der Waals surface area contributed by atoms with Crippen LogP contribution in [-0.2, 0) is 4.79 Å².